The summed E-state index contributed by atoms with van der Waals surface area (Å²) in [4.78, 5) is 24.7. The summed E-state index contributed by atoms with van der Waals surface area (Å²) in [6.45, 7) is 11.9. The van der Waals surface area contributed by atoms with E-state index in [0.29, 0.717) is 6.54 Å². The summed E-state index contributed by atoms with van der Waals surface area (Å²) in [5.74, 6) is -0.278. The van der Waals surface area contributed by atoms with Crippen LogP contribution in [0.1, 0.15) is 67.2 Å². The molecule has 0 spiro atoms. The Hall–Kier alpha value is -1.10. The number of nitrogens with one attached hydrogen (secondary N) is 2. The van der Waals surface area contributed by atoms with Gasteiger partial charge in [0.15, 0.2) is 0 Å². The van der Waals surface area contributed by atoms with E-state index in [1.54, 1.807) is 6.92 Å². The van der Waals surface area contributed by atoms with Crippen LogP contribution >= 0.6 is 0 Å². The lowest BCUT2D eigenvalue weighted by atomic mass is 9.78. The summed E-state index contributed by atoms with van der Waals surface area (Å²) >= 11 is 0. The smallest absolute Gasteiger partial charge is 0.242 e. The Bertz CT molecular complexity index is 342. The molecule has 4 N–H and O–H groups in total. The zero-order chi connectivity index (χ0) is 16.7. The third-order valence-corrected chi connectivity index (χ3v) is 3.57. The molecule has 1 unspecified atom stereocenters. The van der Waals surface area contributed by atoms with Gasteiger partial charge >= 0.3 is 0 Å². The minimum absolute atomic E-state index is 0.106. The standard InChI is InChI=1S/C16H33N3O2/c1-7-9-16(11-17,10-8-2)14(21)18-12(3)13(20)19-15(4,5)6/h12H,7-11,17H2,1-6H3,(H,18,21)(H,19,20). The maximum Gasteiger partial charge on any atom is 0.242 e. The Morgan fingerprint density at radius 3 is 1.90 bits per heavy atom. The van der Waals surface area contributed by atoms with Crippen LogP contribution in [0, 0.1) is 5.41 Å². The lowest BCUT2D eigenvalue weighted by Gasteiger charge is -2.32. The van der Waals surface area contributed by atoms with E-state index in [0.717, 1.165) is 25.7 Å². The van der Waals surface area contributed by atoms with Crippen LogP contribution in [0.4, 0.5) is 0 Å². The van der Waals surface area contributed by atoms with Crippen molar-refractivity contribution in [1.82, 2.24) is 10.6 Å². The first kappa shape index (κ1) is 19.9. The summed E-state index contributed by atoms with van der Waals surface area (Å²) in [5.41, 5.74) is 5.01. The fourth-order valence-electron chi connectivity index (χ4n) is 2.50. The van der Waals surface area contributed by atoms with Crippen molar-refractivity contribution in [2.75, 3.05) is 6.54 Å². The second kappa shape index (κ2) is 8.37. The maximum atomic E-state index is 12.6. The summed E-state index contributed by atoms with van der Waals surface area (Å²) in [6, 6.07) is -0.559. The van der Waals surface area contributed by atoms with Crippen molar-refractivity contribution in [3.63, 3.8) is 0 Å². The van der Waals surface area contributed by atoms with Crippen molar-refractivity contribution in [3.8, 4) is 0 Å². The van der Waals surface area contributed by atoms with Crippen LogP contribution in [0.15, 0.2) is 0 Å². The molecule has 0 aromatic carbocycles. The Balaban J connectivity index is 4.86. The van der Waals surface area contributed by atoms with Crippen LogP contribution in [0.5, 0.6) is 0 Å². The molecular weight excluding hydrogens is 266 g/mol. The molecule has 5 heteroatoms. The van der Waals surface area contributed by atoms with Crippen LogP contribution in [0.25, 0.3) is 0 Å². The van der Waals surface area contributed by atoms with E-state index in [4.69, 9.17) is 5.73 Å². The van der Waals surface area contributed by atoms with Gasteiger partial charge in [0.05, 0.1) is 5.41 Å². The van der Waals surface area contributed by atoms with Crippen molar-refractivity contribution in [1.29, 1.82) is 0 Å². The Kier molecular flexibility index (Phi) is 7.93. The van der Waals surface area contributed by atoms with Crippen molar-refractivity contribution in [2.45, 2.75) is 78.8 Å². The highest BCUT2D eigenvalue weighted by atomic mass is 16.2. The average molecular weight is 299 g/mol. The third-order valence-electron chi connectivity index (χ3n) is 3.57. The topological polar surface area (TPSA) is 84.2 Å². The van der Waals surface area contributed by atoms with Gasteiger partial charge in [-0.1, -0.05) is 26.7 Å². The second-order valence-electron chi connectivity index (χ2n) is 6.92. The van der Waals surface area contributed by atoms with Gasteiger partial charge < -0.3 is 16.4 Å². The van der Waals surface area contributed by atoms with Crippen molar-refractivity contribution < 1.29 is 9.59 Å². The van der Waals surface area contributed by atoms with E-state index in [1.165, 1.54) is 0 Å². The molecule has 0 saturated heterocycles. The van der Waals surface area contributed by atoms with Crippen LogP contribution in [0.3, 0.4) is 0 Å². The van der Waals surface area contributed by atoms with Crippen molar-refractivity contribution >= 4 is 11.8 Å². The lowest BCUT2D eigenvalue weighted by molar-refractivity contribution is -0.135. The average Bonchev–Trinajstić information content (AvgIpc) is 2.36. The predicted molar refractivity (Wildman–Crippen MR) is 86.8 cm³/mol. The van der Waals surface area contributed by atoms with Gasteiger partial charge in [-0.25, -0.2) is 0 Å². The first-order chi connectivity index (χ1) is 9.61. The normalized spacial score (nSPS) is 13.7. The number of carbonyl (C=O) groups is 2. The zero-order valence-electron chi connectivity index (χ0n) is 14.5. The van der Waals surface area contributed by atoms with E-state index in [1.807, 2.05) is 34.6 Å². The number of hydrogen-bond donors (Lipinski definition) is 3. The van der Waals surface area contributed by atoms with E-state index in [-0.39, 0.29) is 17.4 Å². The minimum atomic E-state index is -0.559. The Morgan fingerprint density at radius 2 is 1.57 bits per heavy atom. The van der Waals surface area contributed by atoms with Gasteiger partial charge in [-0.15, -0.1) is 0 Å². The fraction of sp³-hybridized carbons (Fsp3) is 0.875. The number of hydrogen-bond acceptors (Lipinski definition) is 3. The molecule has 0 aliphatic carbocycles. The molecule has 0 saturated carbocycles. The van der Waals surface area contributed by atoms with Gasteiger partial charge in [0.1, 0.15) is 6.04 Å². The molecule has 5 nitrogen and oxygen atoms in total. The highest BCUT2D eigenvalue weighted by Gasteiger charge is 2.36. The van der Waals surface area contributed by atoms with Crippen LogP contribution in [-0.2, 0) is 9.59 Å². The molecule has 2 amide bonds. The molecule has 124 valence electrons. The van der Waals surface area contributed by atoms with Crippen molar-refractivity contribution in [3.05, 3.63) is 0 Å². The van der Waals surface area contributed by atoms with Crippen LogP contribution < -0.4 is 16.4 Å². The van der Waals surface area contributed by atoms with Gasteiger partial charge in [-0.05, 0) is 40.5 Å². The Morgan fingerprint density at radius 1 is 1.10 bits per heavy atom. The van der Waals surface area contributed by atoms with Gasteiger partial charge in [0.25, 0.3) is 0 Å². The third kappa shape index (κ3) is 6.46. The number of carbonyl (C=O) groups excluding carboxylic acids is 2. The van der Waals surface area contributed by atoms with Gasteiger partial charge in [-0.2, -0.15) is 0 Å². The molecule has 21 heavy (non-hydrogen) atoms. The van der Waals surface area contributed by atoms with Crippen LogP contribution in [-0.4, -0.2) is 29.9 Å². The molecule has 0 heterocycles. The first-order valence-electron chi connectivity index (χ1n) is 7.95. The molecule has 0 aromatic rings. The minimum Gasteiger partial charge on any atom is -0.350 e. The van der Waals surface area contributed by atoms with Crippen LogP contribution in [0.2, 0.25) is 0 Å². The highest BCUT2D eigenvalue weighted by Crippen LogP contribution is 2.29. The molecule has 1 atom stereocenters. The second-order valence-corrected chi connectivity index (χ2v) is 6.92. The molecular formula is C16H33N3O2. The summed E-state index contributed by atoms with van der Waals surface area (Å²) in [5, 5.41) is 5.71. The van der Waals surface area contributed by atoms with E-state index in [2.05, 4.69) is 10.6 Å². The Labute approximate surface area is 129 Å². The largest absolute Gasteiger partial charge is 0.350 e. The molecule has 0 bridgehead atoms. The van der Waals surface area contributed by atoms with E-state index in [9.17, 15) is 9.59 Å². The van der Waals surface area contributed by atoms with Gasteiger partial charge in [0.2, 0.25) is 11.8 Å². The van der Waals surface area contributed by atoms with Gasteiger partial charge in [0, 0.05) is 12.1 Å². The van der Waals surface area contributed by atoms with E-state index < -0.39 is 11.5 Å². The molecule has 0 aromatic heterocycles. The maximum absolute atomic E-state index is 12.6. The SMILES string of the molecule is CCCC(CN)(CCC)C(=O)NC(C)C(=O)NC(C)(C)C. The summed E-state index contributed by atoms with van der Waals surface area (Å²) in [6.07, 6.45) is 3.29. The van der Waals surface area contributed by atoms with Crippen molar-refractivity contribution in [2.24, 2.45) is 11.1 Å². The number of amides is 2. The molecule has 0 aliphatic rings. The summed E-state index contributed by atoms with van der Waals surface area (Å²) in [7, 11) is 0. The quantitative estimate of drug-likeness (QED) is 0.640. The monoisotopic (exact) mass is 299 g/mol. The number of nitrogens with two attached hydrogens (primary N) is 1. The summed E-state index contributed by atoms with van der Waals surface area (Å²) < 4.78 is 0. The highest BCUT2D eigenvalue weighted by molar-refractivity contribution is 5.90. The lowest BCUT2D eigenvalue weighted by Crippen LogP contribution is -2.55. The fourth-order valence-corrected chi connectivity index (χ4v) is 2.50. The molecule has 0 fully saturated rings. The van der Waals surface area contributed by atoms with Gasteiger partial charge in [-0.3, -0.25) is 9.59 Å². The first-order valence-corrected chi connectivity index (χ1v) is 7.95. The molecule has 0 aliphatic heterocycles. The number of rotatable bonds is 8. The van der Waals surface area contributed by atoms with E-state index >= 15 is 0 Å². The zero-order valence-corrected chi connectivity index (χ0v) is 14.5. The predicted octanol–water partition coefficient (Wildman–Crippen LogP) is 1.95. The molecule has 0 radical (unpaired) electrons. The molecule has 0 rings (SSSR count).